The molecule has 112 valence electrons. The number of morpholine rings is 1. The highest BCUT2D eigenvalue weighted by atomic mass is 16.5. The molecule has 1 aliphatic heterocycles. The number of fused-ring (bicyclic) bond motifs is 1. The van der Waals surface area contributed by atoms with E-state index in [2.05, 4.69) is 21.3 Å². The fraction of sp³-hybridized carbons (Fsp3) is 0.438. The van der Waals surface area contributed by atoms with E-state index in [1.807, 2.05) is 31.4 Å². The van der Waals surface area contributed by atoms with E-state index < -0.39 is 0 Å². The summed E-state index contributed by atoms with van der Waals surface area (Å²) in [5.41, 5.74) is 0. The topological polar surface area (TPSA) is 46.6 Å². The molecule has 0 bridgehead atoms. The van der Waals surface area contributed by atoms with Crippen molar-refractivity contribution in [1.29, 1.82) is 0 Å². The second-order valence-electron chi connectivity index (χ2n) is 5.19. The summed E-state index contributed by atoms with van der Waals surface area (Å²) in [6, 6.07) is 8.10. The average molecular weight is 287 g/mol. The number of benzene rings is 1. The predicted molar refractivity (Wildman–Crippen MR) is 84.2 cm³/mol. The number of nitrogens with zero attached hydrogens (tertiary/aromatic N) is 2. The monoisotopic (exact) mass is 287 g/mol. The van der Waals surface area contributed by atoms with E-state index in [0.717, 1.165) is 48.6 Å². The molecule has 1 saturated heterocycles. The van der Waals surface area contributed by atoms with Crippen molar-refractivity contribution in [3.05, 3.63) is 30.5 Å². The Balaban J connectivity index is 1.96. The highest BCUT2D eigenvalue weighted by molar-refractivity contribution is 5.96. The molecule has 5 heteroatoms. The number of pyridine rings is 1. The third-order valence-corrected chi connectivity index (χ3v) is 3.84. The zero-order chi connectivity index (χ0) is 14.7. The summed E-state index contributed by atoms with van der Waals surface area (Å²) in [4.78, 5) is 6.89. The Hall–Kier alpha value is -1.85. The lowest BCUT2D eigenvalue weighted by Gasteiger charge is -2.34. The summed E-state index contributed by atoms with van der Waals surface area (Å²) in [5, 5.41) is 5.40. The maximum absolute atomic E-state index is 5.77. The largest absolute Gasteiger partial charge is 0.496 e. The molecule has 0 aliphatic carbocycles. The molecule has 1 fully saturated rings. The van der Waals surface area contributed by atoms with Crippen LogP contribution in [-0.4, -0.2) is 51.5 Å². The molecule has 1 aromatic carbocycles. The van der Waals surface area contributed by atoms with Crippen LogP contribution in [0.25, 0.3) is 10.8 Å². The van der Waals surface area contributed by atoms with Gasteiger partial charge in [0.05, 0.1) is 19.8 Å². The van der Waals surface area contributed by atoms with E-state index in [1.54, 1.807) is 7.11 Å². The number of likely N-dealkylation sites (N-methyl/N-ethyl adjacent to an activating group) is 1. The SMILES string of the molecule is CNCC1CN(c2nccc3c(OC)cccc23)CCO1. The molecule has 0 radical (unpaired) electrons. The minimum Gasteiger partial charge on any atom is -0.496 e. The van der Waals surface area contributed by atoms with Gasteiger partial charge in [0.2, 0.25) is 0 Å². The van der Waals surface area contributed by atoms with Gasteiger partial charge in [0, 0.05) is 36.6 Å². The first kappa shape index (κ1) is 14.1. The summed E-state index contributed by atoms with van der Waals surface area (Å²) in [5.74, 6) is 1.90. The maximum atomic E-state index is 5.77. The first-order valence-corrected chi connectivity index (χ1v) is 7.26. The third kappa shape index (κ3) is 2.80. The minimum absolute atomic E-state index is 0.200. The van der Waals surface area contributed by atoms with E-state index >= 15 is 0 Å². The van der Waals surface area contributed by atoms with Crippen LogP contribution >= 0.6 is 0 Å². The van der Waals surface area contributed by atoms with Gasteiger partial charge in [-0.15, -0.1) is 0 Å². The Morgan fingerprint density at radius 3 is 3.10 bits per heavy atom. The van der Waals surface area contributed by atoms with Gasteiger partial charge in [-0.05, 0) is 19.2 Å². The molecule has 3 rings (SSSR count). The lowest BCUT2D eigenvalue weighted by Crippen LogP contribution is -2.46. The number of aromatic nitrogens is 1. The van der Waals surface area contributed by atoms with Gasteiger partial charge in [0.15, 0.2) is 0 Å². The molecule has 0 saturated carbocycles. The summed E-state index contributed by atoms with van der Waals surface area (Å²) >= 11 is 0. The van der Waals surface area contributed by atoms with Crippen molar-refractivity contribution in [3.8, 4) is 5.75 Å². The number of methoxy groups -OCH3 is 1. The van der Waals surface area contributed by atoms with E-state index in [4.69, 9.17) is 9.47 Å². The van der Waals surface area contributed by atoms with Gasteiger partial charge < -0.3 is 19.7 Å². The first-order valence-electron chi connectivity index (χ1n) is 7.26. The van der Waals surface area contributed by atoms with Crippen LogP contribution in [0.4, 0.5) is 5.82 Å². The van der Waals surface area contributed by atoms with Gasteiger partial charge in [0.1, 0.15) is 11.6 Å². The molecule has 1 atom stereocenters. The lowest BCUT2D eigenvalue weighted by molar-refractivity contribution is 0.0420. The number of nitrogens with one attached hydrogen (secondary N) is 1. The quantitative estimate of drug-likeness (QED) is 0.927. The van der Waals surface area contributed by atoms with Gasteiger partial charge >= 0.3 is 0 Å². The van der Waals surface area contributed by atoms with Crippen molar-refractivity contribution in [2.75, 3.05) is 45.3 Å². The Bertz CT molecular complexity index is 615. The fourth-order valence-electron chi connectivity index (χ4n) is 2.86. The van der Waals surface area contributed by atoms with Crippen molar-refractivity contribution >= 4 is 16.6 Å². The molecular formula is C16H21N3O2. The minimum atomic E-state index is 0.200. The van der Waals surface area contributed by atoms with Crippen LogP contribution in [0.1, 0.15) is 0 Å². The number of anilines is 1. The molecule has 1 aliphatic rings. The Morgan fingerprint density at radius 1 is 1.38 bits per heavy atom. The maximum Gasteiger partial charge on any atom is 0.136 e. The molecule has 21 heavy (non-hydrogen) atoms. The van der Waals surface area contributed by atoms with E-state index in [0.29, 0.717) is 0 Å². The van der Waals surface area contributed by atoms with Crippen LogP contribution in [0.2, 0.25) is 0 Å². The Labute approximate surface area is 124 Å². The molecule has 1 aromatic heterocycles. The molecule has 1 N–H and O–H groups in total. The number of rotatable bonds is 4. The Morgan fingerprint density at radius 2 is 2.29 bits per heavy atom. The van der Waals surface area contributed by atoms with Crippen LogP contribution in [0, 0.1) is 0 Å². The van der Waals surface area contributed by atoms with Gasteiger partial charge in [-0.2, -0.15) is 0 Å². The van der Waals surface area contributed by atoms with Gasteiger partial charge in [0.25, 0.3) is 0 Å². The van der Waals surface area contributed by atoms with Crippen LogP contribution < -0.4 is 15.0 Å². The lowest BCUT2D eigenvalue weighted by atomic mass is 10.1. The van der Waals surface area contributed by atoms with Gasteiger partial charge in [-0.1, -0.05) is 12.1 Å². The molecule has 1 unspecified atom stereocenters. The van der Waals surface area contributed by atoms with E-state index in [-0.39, 0.29) is 6.10 Å². The highest BCUT2D eigenvalue weighted by Gasteiger charge is 2.22. The second kappa shape index (κ2) is 6.28. The van der Waals surface area contributed by atoms with Crippen LogP contribution in [0.5, 0.6) is 5.75 Å². The van der Waals surface area contributed by atoms with Crippen LogP contribution in [0.3, 0.4) is 0 Å². The van der Waals surface area contributed by atoms with Crippen LogP contribution in [-0.2, 0) is 4.74 Å². The highest BCUT2D eigenvalue weighted by Crippen LogP contribution is 2.31. The van der Waals surface area contributed by atoms with Crippen molar-refractivity contribution in [3.63, 3.8) is 0 Å². The van der Waals surface area contributed by atoms with E-state index in [9.17, 15) is 0 Å². The number of ether oxygens (including phenoxy) is 2. The Kier molecular flexibility index (Phi) is 4.22. The van der Waals surface area contributed by atoms with Crippen molar-refractivity contribution in [1.82, 2.24) is 10.3 Å². The van der Waals surface area contributed by atoms with E-state index in [1.165, 1.54) is 0 Å². The molecular weight excluding hydrogens is 266 g/mol. The summed E-state index contributed by atoms with van der Waals surface area (Å²) in [6.07, 6.45) is 2.05. The van der Waals surface area contributed by atoms with Gasteiger partial charge in [-0.25, -0.2) is 4.98 Å². The third-order valence-electron chi connectivity index (χ3n) is 3.84. The smallest absolute Gasteiger partial charge is 0.136 e. The summed E-state index contributed by atoms with van der Waals surface area (Å²) < 4.78 is 11.2. The molecule has 2 heterocycles. The fourth-order valence-corrected chi connectivity index (χ4v) is 2.86. The summed E-state index contributed by atoms with van der Waals surface area (Å²) in [7, 11) is 3.65. The normalized spacial score (nSPS) is 19.0. The zero-order valence-electron chi connectivity index (χ0n) is 12.5. The molecule has 0 spiro atoms. The van der Waals surface area contributed by atoms with Gasteiger partial charge in [-0.3, -0.25) is 0 Å². The molecule has 0 amide bonds. The van der Waals surface area contributed by atoms with Crippen molar-refractivity contribution in [2.24, 2.45) is 0 Å². The standard InChI is InChI=1S/C16H21N3O2/c1-17-10-12-11-19(8-9-21-12)16-14-4-3-5-15(20-2)13(14)6-7-18-16/h3-7,12,17H,8-11H2,1-2H3. The zero-order valence-corrected chi connectivity index (χ0v) is 12.5. The molecule has 2 aromatic rings. The number of hydrogen-bond acceptors (Lipinski definition) is 5. The second-order valence-corrected chi connectivity index (χ2v) is 5.19. The predicted octanol–water partition coefficient (Wildman–Crippen LogP) is 1.67. The van der Waals surface area contributed by atoms with Crippen molar-refractivity contribution in [2.45, 2.75) is 6.10 Å². The molecule has 5 nitrogen and oxygen atoms in total. The average Bonchev–Trinajstić information content (AvgIpc) is 2.54. The van der Waals surface area contributed by atoms with Crippen molar-refractivity contribution < 1.29 is 9.47 Å². The number of hydrogen-bond donors (Lipinski definition) is 1. The summed E-state index contributed by atoms with van der Waals surface area (Å²) in [6.45, 7) is 3.30. The van der Waals surface area contributed by atoms with Crippen LogP contribution in [0.15, 0.2) is 30.5 Å². The first-order chi connectivity index (χ1) is 10.3.